The zero-order valence-corrected chi connectivity index (χ0v) is 12.7. The number of nitrogens with zero attached hydrogens (tertiary/aromatic N) is 3. The zero-order chi connectivity index (χ0) is 16.6. The number of carboxylic acid groups (broad SMARTS) is 1. The van der Waals surface area contributed by atoms with Gasteiger partial charge in [0, 0.05) is 18.0 Å². The molecule has 3 N–H and O–H groups in total. The highest BCUT2D eigenvalue weighted by molar-refractivity contribution is 5.94. The molecule has 1 aromatic carbocycles. The van der Waals surface area contributed by atoms with Crippen LogP contribution in [0.1, 0.15) is 28.4 Å². The number of anilines is 2. The number of hydrogen-bond donors (Lipinski definition) is 3. The highest BCUT2D eigenvalue weighted by Gasteiger charge is 2.17. The van der Waals surface area contributed by atoms with E-state index in [-0.39, 0.29) is 11.3 Å². The van der Waals surface area contributed by atoms with E-state index in [2.05, 4.69) is 15.4 Å². The van der Waals surface area contributed by atoms with Gasteiger partial charge in [0.25, 0.3) is 0 Å². The summed E-state index contributed by atoms with van der Waals surface area (Å²) in [5.74, 6) is -0.321. The van der Waals surface area contributed by atoms with Gasteiger partial charge in [-0.05, 0) is 30.5 Å². The van der Waals surface area contributed by atoms with Crippen LogP contribution >= 0.6 is 0 Å². The van der Waals surface area contributed by atoms with Gasteiger partial charge in [0.15, 0.2) is 5.82 Å². The summed E-state index contributed by atoms with van der Waals surface area (Å²) in [6.45, 7) is 3.68. The van der Waals surface area contributed by atoms with Gasteiger partial charge in [0.05, 0.1) is 5.56 Å². The average Bonchev–Trinajstić information content (AvgIpc) is 2.86. The van der Waals surface area contributed by atoms with E-state index in [0.29, 0.717) is 22.6 Å². The number of hydrogen-bond acceptors (Lipinski definition) is 5. The summed E-state index contributed by atoms with van der Waals surface area (Å²) in [6.07, 6.45) is 3.54. The molecular formula is C16H16N4O3. The minimum absolute atomic E-state index is 0.178. The molecule has 7 heteroatoms. The number of aromatic nitrogens is 3. The van der Waals surface area contributed by atoms with Gasteiger partial charge in [-0.2, -0.15) is 5.10 Å². The van der Waals surface area contributed by atoms with Gasteiger partial charge < -0.3 is 15.5 Å². The monoisotopic (exact) mass is 312 g/mol. The normalized spacial score (nSPS) is 10.9. The molecule has 3 aromatic rings. The molecule has 0 unspecified atom stereocenters. The molecule has 7 nitrogen and oxygen atoms in total. The fourth-order valence-electron chi connectivity index (χ4n) is 2.54. The maximum absolute atomic E-state index is 11.3. The number of phenols is 1. The SMILES string of the molecule is CCc1ccc(Nc2ncnn3cc(C(=O)O)c(C)c23)cc1O. The van der Waals surface area contributed by atoms with E-state index in [1.807, 2.05) is 19.1 Å². The van der Waals surface area contributed by atoms with E-state index in [1.165, 1.54) is 17.0 Å². The molecule has 2 aromatic heterocycles. The third-order valence-corrected chi connectivity index (χ3v) is 3.79. The van der Waals surface area contributed by atoms with Crippen molar-refractivity contribution in [2.45, 2.75) is 20.3 Å². The van der Waals surface area contributed by atoms with Gasteiger partial charge >= 0.3 is 5.97 Å². The highest BCUT2D eigenvalue weighted by Crippen LogP contribution is 2.28. The van der Waals surface area contributed by atoms with Gasteiger partial charge in [0.1, 0.15) is 17.6 Å². The Morgan fingerprint density at radius 3 is 2.83 bits per heavy atom. The lowest BCUT2D eigenvalue weighted by atomic mass is 10.1. The van der Waals surface area contributed by atoms with E-state index in [4.69, 9.17) is 0 Å². The molecule has 0 bridgehead atoms. The Morgan fingerprint density at radius 1 is 1.39 bits per heavy atom. The Hall–Kier alpha value is -3.09. The minimum Gasteiger partial charge on any atom is -0.508 e. The van der Waals surface area contributed by atoms with Crippen molar-refractivity contribution in [1.29, 1.82) is 0 Å². The Balaban J connectivity index is 2.06. The molecule has 0 radical (unpaired) electrons. The van der Waals surface area contributed by atoms with Crippen molar-refractivity contribution in [3.05, 3.63) is 47.4 Å². The number of rotatable bonds is 4. The van der Waals surface area contributed by atoms with Crippen molar-refractivity contribution in [3.8, 4) is 5.75 Å². The summed E-state index contributed by atoms with van der Waals surface area (Å²) in [4.78, 5) is 15.5. The smallest absolute Gasteiger partial charge is 0.337 e. The standard InChI is InChI=1S/C16H16N4O3/c1-3-10-4-5-11(6-13(10)21)19-15-14-9(2)12(16(22)23)7-20(14)18-8-17-15/h4-8,21H,3H2,1-2H3,(H,22,23)(H,17,18,19). The summed E-state index contributed by atoms with van der Waals surface area (Å²) < 4.78 is 1.48. The molecule has 0 aliphatic carbocycles. The van der Waals surface area contributed by atoms with E-state index in [0.717, 1.165) is 12.0 Å². The van der Waals surface area contributed by atoms with Crippen molar-refractivity contribution in [2.75, 3.05) is 5.32 Å². The lowest BCUT2D eigenvalue weighted by Gasteiger charge is -2.09. The fraction of sp³-hybridized carbons (Fsp3) is 0.188. The molecule has 0 spiro atoms. The molecular weight excluding hydrogens is 296 g/mol. The molecule has 0 saturated carbocycles. The number of carboxylic acids is 1. The highest BCUT2D eigenvalue weighted by atomic mass is 16.4. The maximum atomic E-state index is 11.3. The lowest BCUT2D eigenvalue weighted by molar-refractivity contribution is 0.0696. The van der Waals surface area contributed by atoms with Gasteiger partial charge in [-0.25, -0.2) is 14.3 Å². The Kier molecular flexibility index (Phi) is 3.61. The van der Waals surface area contributed by atoms with Crippen molar-refractivity contribution < 1.29 is 15.0 Å². The van der Waals surface area contributed by atoms with Crippen LogP contribution in [-0.2, 0) is 6.42 Å². The molecule has 0 amide bonds. The first-order valence-corrected chi connectivity index (χ1v) is 7.16. The third-order valence-electron chi connectivity index (χ3n) is 3.79. The molecule has 2 heterocycles. The van der Waals surface area contributed by atoms with Crippen LogP contribution in [0.15, 0.2) is 30.7 Å². The summed E-state index contributed by atoms with van der Waals surface area (Å²) in [5.41, 5.74) is 2.87. The number of phenolic OH excluding ortho intramolecular Hbond substituents is 1. The molecule has 0 aliphatic heterocycles. The molecule has 0 fully saturated rings. The molecule has 0 saturated heterocycles. The van der Waals surface area contributed by atoms with Crippen LogP contribution in [0, 0.1) is 6.92 Å². The van der Waals surface area contributed by atoms with Gasteiger partial charge in [-0.1, -0.05) is 13.0 Å². The van der Waals surface area contributed by atoms with Crippen LogP contribution in [-0.4, -0.2) is 30.8 Å². The lowest BCUT2D eigenvalue weighted by Crippen LogP contribution is -2.00. The Labute approximate surface area is 132 Å². The predicted molar refractivity (Wildman–Crippen MR) is 85.5 cm³/mol. The summed E-state index contributed by atoms with van der Waals surface area (Å²) >= 11 is 0. The predicted octanol–water partition coefficient (Wildman–Crippen LogP) is 2.75. The number of carbonyl (C=O) groups is 1. The number of aromatic carboxylic acids is 1. The van der Waals surface area contributed by atoms with Crippen molar-refractivity contribution >= 4 is 23.0 Å². The van der Waals surface area contributed by atoms with Gasteiger partial charge in [-0.3, -0.25) is 0 Å². The summed E-state index contributed by atoms with van der Waals surface area (Å²) in [5, 5.41) is 26.3. The summed E-state index contributed by atoms with van der Waals surface area (Å²) in [6, 6.07) is 5.30. The van der Waals surface area contributed by atoms with Crippen LogP contribution in [0.5, 0.6) is 5.75 Å². The van der Waals surface area contributed by atoms with Crippen molar-refractivity contribution in [1.82, 2.24) is 14.6 Å². The van der Waals surface area contributed by atoms with E-state index >= 15 is 0 Å². The van der Waals surface area contributed by atoms with Crippen molar-refractivity contribution in [3.63, 3.8) is 0 Å². The topological polar surface area (TPSA) is 99.8 Å². The van der Waals surface area contributed by atoms with Crippen LogP contribution in [0.25, 0.3) is 5.52 Å². The number of aryl methyl sites for hydroxylation is 2. The van der Waals surface area contributed by atoms with Crippen LogP contribution in [0.2, 0.25) is 0 Å². The molecule has 118 valence electrons. The van der Waals surface area contributed by atoms with Gasteiger partial charge in [0.2, 0.25) is 0 Å². The first-order chi connectivity index (χ1) is 11.0. The number of aromatic hydroxyl groups is 1. The third kappa shape index (κ3) is 2.57. The van der Waals surface area contributed by atoms with Crippen LogP contribution < -0.4 is 5.32 Å². The minimum atomic E-state index is -1.01. The van der Waals surface area contributed by atoms with E-state index in [1.54, 1.807) is 13.0 Å². The largest absolute Gasteiger partial charge is 0.508 e. The van der Waals surface area contributed by atoms with Crippen LogP contribution in [0.4, 0.5) is 11.5 Å². The first-order valence-electron chi connectivity index (χ1n) is 7.16. The van der Waals surface area contributed by atoms with E-state index in [9.17, 15) is 15.0 Å². The van der Waals surface area contributed by atoms with E-state index < -0.39 is 5.97 Å². The van der Waals surface area contributed by atoms with Gasteiger partial charge in [-0.15, -0.1) is 0 Å². The van der Waals surface area contributed by atoms with Crippen molar-refractivity contribution in [2.24, 2.45) is 0 Å². The average molecular weight is 312 g/mol. The maximum Gasteiger partial charge on any atom is 0.337 e. The first kappa shape index (κ1) is 14.8. The number of benzene rings is 1. The van der Waals surface area contributed by atoms with Crippen LogP contribution in [0.3, 0.4) is 0 Å². The fourth-order valence-corrected chi connectivity index (χ4v) is 2.54. The zero-order valence-electron chi connectivity index (χ0n) is 12.7. The molecule has 0 atom stereocenters. The Morgan fingerprint density at radius 2 is 2.17 bits per heavy atom. The molecule has 23 heavy (non-hydrogen) atoms. The second kappa shape index (κ2) is 5.60. The number of fused-ring (bicyclic) bond motifs is 1. The molecule has 0 aliphatic rings. The quantitative estimate of drug-likeness (QED) is 0.685. The summed E-state index contributed by atoms with van der Waals surface area (Å²) in [7, 11) is 0. The second-order valence-corrected chi connectivity index (χ2v) is 5.20. The molecule has 3 rings (SSSR count). The second-order valence-electron chi connectivity index (χ2n) is 5.20. The number of nitrogens with one attached hydrogen (secondary N) is 1. The Bertz CT molecular complexity index is 902.